The summed E-state index contributed by atoms with van der Waals surface area (Å²) in [6, 6.07) is 0. The molecule has 0 fully saturated rings. The van der Waals surface area contributed by atoms with Gasteiger partial charge in [0.1, 0.15) is 0 Å². The number of thiazole rings is 1. The van der Waals surface area contributed by atoms with Crippen LogP contribution in [0.4, 0.5) is 0 Å². The fourth-order valence-electron chi connectivity index (χ4n) is 1.88. The molecule has 0 aliphatic heterocycles. The molecule has 1 aliphatic rings. The molecule has 0 aromatic carbocycles. The first kappa shape index (κ1) is 14.1. The minimum Gasteiger partial charge on any atom is -0.408 e. The number of hydrogen-bond donors (Lipinski definition) is 0. The molecule has 0 saturated heterocycles. The number of fused-ring (bicyclic) bond motifs is 1. The summed E-state index contributed by atoms with van der Waals surface area (Å²) in [4.78, 5) is 5.45. The number of aromatic nitrogens is 1. The topological polar surface area (TPSA) is 40.6 Å². The fourth-order valence-corrected chi connectivity index (χ4v) is 5.02. The highest BCUT2D eigenvalue weighted by molar-refractivity contribution is 7.63. The monoisotopic (exact) mass is 303 g/mol. The summed E-state index contributed by atoms with van der Waals surface area (Å²) < 4.78 is 17.2. The van der Waals surface area contributed by atoms with Crippen molar-refractivity contribution < 1.29 is 13.6 Å². The van der Waals surface area contributed by atoms with E-state index in [9.17, 15) is 0 Å². The Labute approximate surface area is 117 Å². The summed E-state index contributed by atoms with van der Waals surface area (Å²) in [5, 5.41) is 0. The van der Waals surface area contributed by atoms with Gasteiger partial charge in [0.15, 0.2) is 0 Å². The van der Waals surface area contributed by atoms with Crippen molar-refractivity contribution in [1.29, 1.82) is 0 Å². The molecular formula is C11H14NO3PS2. The maximum absolute atomic E-state index is 5.52. The van der Waals surface area contributed by atoms with Crippen molar-refractivity contribution in [3.63, 3.8) is 0 Å². The molecule has 7 heteroatoms. The summed E-state index contributed by atoms with van der Waals surface area (Å²) in [6.45, 7) is 0. The molecule has 0 N–H and O–H groups in total. The molecule has 18 heavy (non-hydrogen) atoms. The summed E-state index contributed by atoms with van der Waals surface area (Å²) >= 11 is 6.63. The van der Waals surface area contributed by atoms with Crippen LogP contribution in [0.5, 0.6) is 0 Å². The second kappa shape index (κ2) is 5.74. The van der Waals surface area contributed by atoms with Crippen LogP contribution in [0.25, 0.3) is 6.08 Å². The van der Waals surface area contributed by atoms with E-state index in [2.05, 4.69) is 4.98 Å². The zero-order chi connectivity index (χ0) is 13.2. The maximum atomic E-state index is 5.52. The minimum atomic E-state index is -2.49. The van der Waals surface area contributed by atoms with E-state index in [1.165, 1.54) is 11.3 Å². The van der Waals surface area contributed by atoms with Gasteiger partial charge in [-0.1, -0.05) is 18.2 Å². The van der Waals surface area contributed by atoms with E-state index in [0.29, 0.717) is 4.34 Å². The Kier molecular flexibility index (Phi) is 4.48. The van der Waals surface area contributed by atoms with E-state index in [1.54, 1.807) is 21.3 Å². The van der Waals surface area contributed by atoms with Crippen molar-refractivity contribution in [2.45, 2.75) is 10.00 Å². The van der Waals surface area contributed by atoms with Crippen LogP contribution in [0.15, 0.2) is 22.6 Å². The third-order valence-electron chi connectivity index (χ3n) is 2.70. The van der Waals surface area contributed by atoms with Crippen molar-refractivity contribution in [2.24, 2.45) is 0 Å². The van der Waals surface area contributed by atoms with Crippen LogP contribution in [0.2, 0.25) is 0 Å². The zero-order valence-corrected chi connectivity index (χ0v) is 12.8. The van der Waals surface area contributed by atoms with Crippen LogP contribution in [-0.4, -0.2) is 26.3 Å². The summed E-state index contributed by atoms with van der Waals surface area (Å²) in [5.41, 5.74) is 0.712. The summed E-state index contributed by atoms with van der Waals surface area (Å²) in [5.74, 6) is 0. The molecule has 1 heterocycles. The molecule has 0 bridgehead atoms. The van der Waals surface area contributed by atoms with Crippen LogP contribution >= 0.6 is 19.3 Å². The smallest absolute Gasteiger partial charge is 0.408 e. The van der Waals surface area contributed by atoms with E-state index >= 15 is 0 Å². The van der Waals surface area contributed by atoms with Gasteiger partial charge in [0, 0.05) is 0 Å². The Morgan fingerprint density at radius 3 is 2.50 bits per heavy atom. The average Bonchev–Trinajstić information content (AvgIpc) is 2.64. The van der Waals surface area contributed by atoms with Gasteiger partial charge < -0.3 is 24.0 Å². The van der Waals surface area contributed by atoms with Gasteiger partial charge >= 0.3 is 7.94 Å². The molecule has 0 radical (unpaired) electrons. The van der Waals surface area contributed by atoms with Gasteiger partial charge in [0.25, 0.3) is 0 Å². The highest BCUT2D eigenvalue weighted by Crippen LogP contribution is 2.72. The zero-order valence-electron chi connectivity index (χ0n) is 10.3. The van der Waals surface area contributed by atoms with Gasteiger partial charge in [-0.15, -0.1) is 0 Å². The molecule has 98 valence electrons. The van der Waals surface area contributed by atoms with Gasteiger partial charge in [0.2, 0.25) is 5.66 Å². The average molecular weight is 303 g/mol. The van der Waals surface area contributed by atoms with Gasteiger partial charge in [-0.2, -0.15) is 13.6 Å². The lowest BCUT2D eigenvalue weighted by molar-refractivity contribution is 0.204. The van der Waals surface area contributed by atoms with Gasteiger partial charge in [-0.3, -0.25) is 4.98 Å². The van der Waals surface area contributed by atoms with Crippen molar-refractivity contribution in [2.75, 3.05) is 21.3 Å². The third-order valence-corrected chi connectivity index (χ3v) is 6.50. The first-order valence-corrected chi connectivity index (χ1v) is 8.09. The van der Waals surface area contributed by atoms with Crippen LogP contribution in [0, 0.1) is 0 Å². The molecule has 0 saturated carbocycles. The minimum absolute atomic E-state index is 0.157. The summed E-state index contributed by atoms with van der Waals surface area (Å²) in [6.07, 6.45) is 7.89. The van der Waals surface area contributed by atoms with Crippen LogP contribution in [0.3, 0.4) is 0 Å². The van der Waals surface area contributed by atoms with Gasteiger partial charge in [-0.05, 0) is 15.3 Å². The van der Waals surface area contributed by atoms with Crippen molar-refractivity contribution in [1.82, 2.24) is 4.98 Å². The molecule has 1 aliphatic carbocycles. The van der Waals surface area contributed by atoms with Crippen molar-refractivity contribution in [3.05, 3.63) is 28.8 Å². The SMILES string of the molecule is CO[P+](OC)(OC)C1C=CC=Cc2sc([S-])nc21. The number of hydrogen-bond acceptors (Lipinski definition) is 6. The molecule has 1 atom stereocenters. The number of rotatable bonds is 4. The van der Waals surface area contributed by atoms with Crippen molar-refractivity contribution >= 4 is 38.0 Å². The lowest BCUT2D eigenvalue weighted by Gasteiger charge is -2.23. The molecule has 0 amide bonds. The Bertz CT molecular complexity index is 474. The second-order valence-corrected chi connectivity index (χ2v) is 7.91. The lowest BCUT2D eigenvalue weighted by atomic mass is 10.3. The number of allylic oxidation sites excluding steroid dienone is 3. The molecule has 2 rings (SSSR count). The third kappa shape index (κ3) is 2.37. The Hall–Kier alpha value is -0.360. The van der Waals surface area contributed by atoms with E-state index in [4.69, 9.17) is 26.2 Å². The molecule has 1 aromatic heterocycles. The maximum Gasteiger partial charge on any atom is 0.424 e. The van der Waals surface area contributed by atoms with E-state index in [1.807, 2.05) is 24.3 Å². The molecule has 4 nitrogen and oxygen atoms in total. The molecule has 1 aromatic rings. The lowest BCUT2D eigenvalue weighted by Crippen LogP contribution is -2.11. The Morgan fingerprint density at radius 1 is 1.22 bits per heavy atom. The number of nitrogens with zero attached hydrogens (tertiary/aromatic N) is 1. The Morgan fingerprint density at radius 2 is 1.89 bits per heavy atom. The molecule has 0 spiro atoms. The standard InChI is InChI=1S/C11H14NO3PS2/c1-13-16(14-2,15-3)8-6-4-5-7-9-10(8)12-11(17)18-9/h4-8H,1-3H3. The van der Waals surface area contributed by atoms with Gasteiger partial charge in [0.05, 0.1) is 27.0 Å². The Balaban J connectivity index is 2.51. The van der Waals surface area contributed by atoms with Crippen LogP contribution < -0.4 is 0 Å². The largest absolute Gasteiger partial charge is 0.424 e. The predicted octanol–water partition coefficient (Wildman–Crippen LogP) is 3.37. The molecule has 1 unspecified atom stereocenters. The highest BCUT2D eigenvalue weighted by atomic mass is 32.2. The van der Waals surface area contributed by atoms with E-state index < -0.39 is 7.94 Å². The fraction of sp³-hybridized carbons (Fsp3) is 0.364. The predicted molar refractivity (Wildman–Crippen MR) is 76.6 cm³/mol. The molecular weight excluding hydrogens is 289 g/mol. The second-order valence-electron chi connectivity index (χ2n) is 3.51. The van der Waals surface area contributed by atoms with Gasteiger partial charge in [-0.25, -0.2) is 0 Å². The van der Waals surface area contributed by atoms with Crippen LogP contribution in [0.1, 0.15) is 16.2 Å². The van der Waals surface area contributed by atoms with Crippen molar-refractivity contribution in [3.8, 4) is 0 Å². The quantitative estimate of drug-likeness (QED) is 0.630. The first-order valence-electron chi connectivity index (χ1n) is 5.25. The highest BCUT2D eigenvalue weighted by Gasteiger charge is 2.52. The van der Waals surface area contributed by atoms with E-state index in [-0.39, 0.29) is 5.66 Å². The first-order chi connectivity index (χ1) is 8.66. The summed E-state index contributed by atoms with van der Waals surface area (Å²) in [7, 11) is 2.28. The van der Waals surface area contributed by atoms with Crippen LogP contribution in [-0.2, 0) is 26.2 Å². The normalized spacial score (nSPS) is 18.7. The van der Waals surface area contributed by atoms with E-state index in [0.717, 1.165) is 10.6 Å².